The zero-order valence-corrected chi connectivity index (χ0v) is 12.0. The van der Waals surface area contributed by atoms with E-state index in [0.717, 1.165) is 44.2 Å². The van der Waals surface area contributed by atoms with Gasteiger partial charge in [-0.25, -0.2) is 0 Å². The zero-order chi connectivity index (χ0) is 14.4. The number of aromatic nitrogens is 1. The summed E-state index contributed by atoms with van der Waals surface area (Å²) in [4.78, 5) is 16.1. The van der Waals surface area contributed by atoms with E-state index in [1.807, 2.05) is 13.0 Å². The molecule has 0 unspecified atom stereocenters. The SMILES string of the molecule is C=CCNC(=O)CN1CCN(Cc2cc(C)no2)CC1. The van der Waals surface area contributed by atoms with Crippen LogP contribution in [-0.2, 0) is 11.3 Å². The summed E-state index contributed by atoms with van der Waals surface area (Å²) in [6, 6.07) is 1.97. The molecular formula is C14H22N4O2. The molecule has 1 fully saturated rings. The lowest BCUT2D eigenvalue weighted by molar-refractivity contribution is -0.122. The van der Waals surface area contributed by atoms with Crippen molar-refractivity contribution in [2.45, 2.75) is 13.5 Å². The first-order valence-electron chi connectivity index (χ1n) is 6.92. The number of rotatable bonds is 6. The maximum Gasteiger partial charge on any atom is 0.234 e. The molecular weight excluding hydrogens is 256 g/mol. The van der Waals surface area contributed by atoms with Crippen LogP contribution in [0.5, 0.6) is 0 Å². The van der Waals surface area contributed by atoms with Crippen molar-refractivity contribution < 1.29 is 9.32 Å². The Bertz CT molecular complexity index is 450. The molecule has 20 heavy (non-hydrogen) atoms. The summed E-state index contributed by atoms with van der Waals surface area (Å²) < 4.78 is 5.22. The largest absolute Gasteiger partial charge is 0.360 e. The van der Waals surface area contributed by atoms with Crippen molar-refractivity contribution in [3.63, 3.8) is 0 Å². The van der Waals surface area contributed by atoms with Crippen LogP contribution in [0.4, 0.5) is 0 Å². The zero-order valence-electron chi connectivity index (χ0n) is 12.0. The van der Waals surface area contributed by atoms with Crippen LogP contribution < -0.4 is 5.32 Å². The quantitative estimate of drug-likeness (QED) is 0.763. The number of amides is 1. The average Bonchev–Trinajstić information content (AvgIpc) is 2.84. The molecule has 2 rings (SSSR count). The van der Waals surface area contributed by atoms with Gasteiger partial charge in [0.05, 0.1) is 18.8 Å². The lowest BCUT2D eigenvalue weighted by atomic mass is 10.3. The molecule has 6 heteroatoms. The van der Waals surface area contributed by atoms with Gasteiger partial charge in [-0.15, -0.1) is 6.58 Å². The second kappa shape index (κ2) is 7.21. The van der Waals surface area contributed by atoms with Gasteiger partial charge in [-0.3, -0.25) is 14.6 Å². The summed E-state index contributed by atoms with van der Waals surface area (Å²) in [5.41, 5.74) is 0.914. The number of aryl methyl sites for hydroxylation is 1. The van der Waals surface area contributed by atoms with Crippen molar-refractivity contribution >= 4 is 5.91 Å². The van der Waals surface area contributed by atoms with Crippen molar-refractivity contribution in [3.05, 3.63) is 30.2 Å². The Labute approximate surface area is 119 Å². The Morgan fingerprint density at radius 2 is 2.15 bits per heavy atom. The van der Waals surface area contributed by atoms with Crippen molar-refractivity contribution in [1.29, 1.82) is 0 Å². The fourth-order valence-corrected chi connectivity index (χ4v) is 2.26. The van der Waals surface area contributed by atoms with Crippen LogP contribution in [0.3, 0.4) is 0 Å². The van der Waals surface area contributed by atoms with Crippen molar-refractivity contribution in [2.24, 2.45) is 0 Å². The first-order chi connectivity index (χ1) is 9.67. The fraction of sp³-hybridized carbons (Fsp3) is 0.571. The molecule has 0 bridgehead atoms. The van der Waals surface area contributed by atoms with Gasteiger partial charge in [0.25, 0.3) is 0 Å². The Morgan fingerprint density at radius 3 is 2.75 bits per heavy atom. The molecule has 0 atom stereocenters. The smallest absolute Gasteiger partial charge is 0.234 e. The highest BCUT2D eigenvalue weighted by Crippen LogP contribution is 2.09. The Hall–Kier alpha value is -1.66. The molecule has 110 valence electrons. The molecule has 1 aromatic rings. The Balaban J connectivity index is 1.69. The molecule has 0 radical (unpaired) electrons. The highest BCUT2D eigenvalue weighted by Gasteiger charge is 2.19. The number of nitrogens with one attached hydrogen (secondary N) is 1. The third kappa shape index (κ3) is 4.47. The van der Waals surface area contributed by atoms with Gasteiger partial charge in [0.2, 0.25) is 5.91 Å². The minimum Gasteiger partial charge on any atom is -0.360 e. The van der Waals surface area contributed by atoms with Gasteiger partial charge in [0, 0.05) is 38.8 Å². The van der Waals surface area contributed by atoms with Crippen molar-refractivity contribution in [3.8, 4) is 0 Å². The van der Waals surface area contributed by atoms with E-state index in [2.05, 4.69) is 26.9 Å². The molecule has 6 nitrogen and oxygen atoms in total. The summed E-state index contributed by atoms with van der Waals surface area (Å²) in [6.07, 6.45) is 1.69. The van der Waals surface area contributed by atoms with E-state index in [-0.39, 0.29) is 5.91 Å². The highest BCUT2D eigenvalue weighted by atomic mass is 16.5. The summed E-state index contributed by atoms with van der Waals surface area (Å²) >= 11 is 0. The first kappa shape index (κ1) is 14.7. The van der Waals surface area contributed by atoms with E-state index in [4.69, 9.17) is 4.52 Å². The first-order valence-corrected chi connectivity index (χ1v) is 6.92. The Kier molecular flexibility index (Phi) is 5.31. The normalized spacial score (nSPS) is 17.1. The third-order valence-electron chi connectivity index (χ3n) is 3.33. The molecule has 1 saturated heterocycles. The number of nitrogens with zero attached hydrogens (tertiary/aromatic N) is 3. The van der Waals surface area contributed by atoms with Crippen LogP contribution in [-0.4, -0.2) is 60.1 Å². The lowest BCUT2D eigenvalue weighted by Crippen LogP contribution is -2.49. The predicted octanol–water partition coefficient (Wildman–Crippen LogP) is 0.403. The van der Waals surface area contributed by atoms with Crippen LogP contribution in [0.1, 0.15) is 11.5 Å². The minimum absolute atomic E-state index is 0.0595. The van der Waals surface area contributed by atoms with Gasteiger partial charge in [0.1, 0.15) is 0 Å². The van der Waals surface area contributed by atoms with Crippen molar-refractivity contribution in [2.75, 3.05) is 39.3 Å². The summed E-state index contributed by atoms with van der Waals surface area (Å²) in [6.45, 7) is 11.0. The van der Waals surface area contributed by atoms with Gasteiger partial charge >= 0.3 is 0 Å². The van der Waals surface area contributed by atoms with Gasteiger partial charge in [0.15, 0.2) is 5.76 Å². The maximum atomic E-state index is 11.6. The van der Waals surface area contributed by atoms with E-state index in [0.29, 0.717) is 13.1 Å². The topological polar surface area (TPSA) is 61.6 Å². The molecule has 1 aliphatic rings. The van der Waals surface area contributed by atoms with Crippen LogP contribution >= 0.6 is 0 Å². The van der Waals surface area contributed by atoms with Crippen LogP contribution in [0, 0.1) is 6.92 Å². The predicted molar refractivity (Wildman–Crippen MR) is 76.2 cm³/mol. The number of piperazine rings is 1. The van der Waals surface area contributed by atoms with E-state index in [1.54, 1.807) is 6.08 Å². The Morgan fingerprint density at radius 1 is 1.45 bits per heavy atom. The molecule has 0 spiro atoms. The molecule has 1 aromatic heterocycles. The average molecular weight is 278 g/mol. The summed E-state index contributed by atoms with van der Waals surface area (Å²) in [7, 11) is 0. The maximum absolute atomic E-state index is 11.6. The van der Waals surface area contributed by atoms with Crippen LogP contribution in [0.15, 0.2) is 23.2 Å². The molecule has 1 N–H and O–H groups in total. The molecule has 2 heterocycles. The number of carbonyl (C=O) groups excluding carboxylic acids is 1. The molecule has 0 saturated carbocycles. The van der Waals surface area contributed by atoms with Gasteiger partial charge in [-0.1, -0.05) is 11.2 Å². The molecule has 0 aliphatic carbocycles. The van der Waals surface area contributed by atoms with Gasteiger partial charge < -0.3 is 9.84 Å². The van der Waals surface area contributed by atoms with Crippen LogP contribution in [0.2, 0.25) is 0 Å². The standard InChI is InChI=1S/C14H22N4O2/c1-3-4-15-14(19)11-18-7-5-17(6-8-18)10-13-9-12(2)16-20-13/h3,9H,1,4-8,10-11H2,2H3,(H,15,19). The van der Waals surface area contributed by atoms with Gasteiger partial charge in [-0.05, 0) is 6.92 Å². The van der Waals surface area contributed by atoms with Crippen molar-refractivity contribution in [1.82, 2.24) is 20.3 Å². The monoisotopic (exact) mass is 278 g/mol. The van der Waals surface area contributed by atoms with E-state index in [9.17, 15) is 4.79 Å². The molecule has 0 aromatic carbocycles. The molecule has 1 aliphatic heterocycles. The van der Waals surface area contributed by atoms with Gasteiger partial charge in [-0.2, -0.15) is 0 Å². The second-order valence-corrected chi connectivity index (χ2v) is 5.08. The number of hydrogen-bond donors (Lipinski definition) is 1. The second-order valence-electron chi connectivity index (χ2n) is 5.08. The fourth-order valence-electron chi connectivity index (χ4n) is 2.26. The minimum atomic E-state index is 0.0595. The third-order valence-corrected chi connectivity index (χ3v) is 3.33. The van der Waals surface area contributed by atoms with E-state index >= 15 is 0 Å². The molecule has 1 amide bonds. The van der Waals surface area contributed by atoms with E-state index < -0.39 is 0 Å². The highest BCUT2D eigenvalue weighted by molar-refractivity contribution is 5.78. The number of carbonyl (C=O) groups is 1. The summed E-state index contributed by atoms with van der Waals surface area (Å²) in [5.74, 6) is 0.962. The summed E-state index contributed by atoms with van der Waals surface area (Å²) in [5, 5.41) is 6.69. The van der Waals surface area contributed by atoms with E-state index in [1.165, 1.54) is 0 Å². The van der Waals surface area contributed by atoms with Crippen LogP contribution in [0.25, 0.3) is 0 Å². The number of hydrogen-bond acceptors (Lipinski definition) is 5. The lowest BCUT2D eigenvalue weighted by Gasteiger charge is -2.33.